The zero-order chi connectivity index (χ0) is 14.5. The number of nitrogens with zero attached hydrogens (tertiary/aromatic N) is 4. The van der Waals surface area contributed by atoms with Gasteiger partial charge >= 0.3 is 0 Å². The number of aromatic nitrogens is 4. The van der Waals surface area contributed by atoms with Gasteiger partial charge in [0, 0.05) is 19.6 Å². The van der Waals surface area contributed by atoms with Crippen LogP contribution in [0, 0.1) is 0 Å². The summed E-state index contributed by atoms with van der Waals surface area (Å²) in [5.41, 5.74) is 0.771. The molecule has 3 rings (SSSR count). The molecule has 1 aliphatic heterocycles. The van der Waals surface area contributed by atoms with Crippen molar-refractivity contribution in [2.75, 3.05) is 43.4 Å². The number of aromatic amines is 1. The van der Waals surface area contributed by atoms with E-state index in [2.05, 4.69) is 42.6 Å². The lowest BCUT2D eigenvalue weighted by Crippen LogP contribution is -2.26. The predicted octanol–water partition coefficient (Wildman–Crippen LogP) is 1.68. The van der Waals surface area contributed by atoms with Gasteiger partial charge in [-0.25, -0.2) is 0 Å². The van der Waals surface area contributed by atoms with Crippen LogP contribution in [0.15, 0.2) is 6.20 Å². The number of likely N-dealkylation sites (tertiary alicyclic amines) is 1. The van der Waals surface area contributed by atoms with Crippen molar-refractivity contribution in [1.82, 2.24) is 25.1 Å². The average Bonchev–Trinajstić information content (AvgIpc) is 3.15. The van der Waals surface area contributed by atoms with E-state index in [4.69, 9.17) is 0 Å². The Kier molecular flexibility index (Phi) is 4.49. The van der Waals surface area contributed by atoms with E-state index in [1.807, 2.05) is 0 Å². The summed E-state index contributed by atoms with van der Waals surface area (Å²) in [6, 6.07) is 0. The van der Waals surface area contributed by atoms with Gasteiger partial charge in [-0.2, -0.15) is 15.1 Å². The minimum absolute atomic E-state index is 0.650. The van der Waals surface area contributed by atoms with Crippen LogP contribution in [-0.4, -0.2) is 57.8 Å². The van der Waals surface area contributed by atoms with Crippen LogP contribution < -0.4 is 10.6 Å². The number of H-pyrrole nitrogens is 1. The predicted molar refractivity (Wildman–Crippen MR) is 84.6 cm³/mol. The molecule has 21 heavy (non-hydrogen) atoms. The second kappa shape index (κ2) is 6.71. The average molecular weight is 289 g/mol. The number of hydrogen-bond donors (Lipinski definition) is 3. The smallest absolute Gasteiger partial charge is 0.226 e. The van der Waals surface area contributed by atoms with Crippen molar-refractivity contribution in [3.63, 3.8) is 0 Å². The zero-order valence-corrected chi connectivity index (χ0v) is 12.5. The van der Waals surface area contributed by atoms with E-state index in [1.165, 1.54) is 25.9 Å². The van der Waals surface area contributed by atoms with Gasteiger partial charge in [0.1, 0.15) is 5.82 Å². The number of hydrogen-bond acceptors (Lipinski definition) is 6. The Hall–Kier alpha value is -1.89. The summed E-state index contributed by atoms with van der Waals surface area (Å²) in [6.45, 7) is 7.38. The third kappa shape index (κ3) is 3.41. The molecule has 0 radical (unpaired) electrons. The van der Waals surface area contributed by atoms with Crippen molar-refractivity contribution in [3.05, 3.63) is 6.20 Å². The number of nitrogens with one attached hydrogen (secondary N) is 3. The summed E-state index contributed by atoms with van der Waals surface area (Å²) in [4.78, 5) is 11.5. The Labute approximate surface area is 124 Å². The van der Waals surface area contributed by atoms with E-state index >= 15 is 0 Å². The first-order valence-electron chi connectivity index (χ1n) is 7.78. The molecule has 0 aliphatic carbocycles. The van der Waals surface area contributed by atoms with Crippen molar-refractivity contribution in [3.8, 4) is 0 Å². The molecule has 1 aliphatic rings. The summed E-state index contributed by atoms with van der Waals surface area (Å²) in [5.74, 6) is 1.50. The third-order valence-corrected chi connectivity index (χ3v) is 3.76. The Morgan fingerprint density at radius 1 is 1.19 bits per heavy atom. The molecule has 0 saturated carbocycles. The van der Waals surface area contributed by atoms with Crippen LogP contribution in [0.1, 0.15) is 26.2 Å². The van der Waals surface area contributed by atoms with Crippen LogP contribution in [0.4, 0.5) is 11.8 Å². The van der Waals surface area contributed by atoms with Crippen molar-refractivity contribution < 1.29 is 0 Å². The second-order valence-electron chi connectivity index (χ2n) is 5.43. The fourth-order valence-electron chi connectivity index (χ4n) is 2.62. The van der Waals surface area contributed by atoms with Crippen LogP contribution >= 0.6 is 0 Å². The highest BCUT2D eigenvalue weighted by molar-refractivity contribution is 5.86. The first-order valence-corrected chi connectivity index (χ1v) is 7.78. The zero-order valence-electron chi connectivity index (χ0n) is 12.5. The van der Waals surface area contributed by atoms with Crippen LogP contribution in [0.5, 0.6) is 0 Å². The Morgan fingerprint density at radius 3 is 2.86 bits per heavy atom. The van der Waals surface area contributed by atoms with Crippen LogP contribution in [0.2, 0.25) is 0 Å². The summed E-state index contributed by atoms with van der Waals surface area (Å²) in [5, 5.41) is 14.6. The van der Waals surface area contributed by atoms with E-state index in [9.17, 15) is 0 Å². The molecule has 114 valence electrons. The van der Waals surface area contributed by atoms with E-state index < -0.39 is 0 Å². The summed E-state index contributed by atoms with van der Waals surface area (Å²) in [7, 11) is 0. The van der Waals surface area contributed by atoms with Gasteiger partial charge in [0.05, 0.1) is 11.6 Å². The lowest BCUT2D eigenvalue weighted by atomic mass is 10.4. The van der Waals surface area contributed by atoms with Crippen LogP contribution in [0.25, 0.3) is 11.0 Å². The quantitative estimate of drug-likeness (QED) is 0.719. The monoisotopic (exact) mass is 289 g/mol. The molecule has 0 spiro atoms. The van der Waals surface area contributed by atoms with Crippen molar-refractivity contribution >= 4 is 22.8 Å². The number of rotatable bonds is 7. The topological polar surface area (TPSA) is 81.8 Å². The lowest BCUT2D eigenvalue weighted by Gasteiger charge is -2.15. The Balaban J connectivity index is 1.68. The molecule has 3 N–H and O–H groups in total. The SMILES string of the molecule is CCCNc1nc(NCCN2CCCC2)c2cn[nH]c2n1. The van der Waals surface area contributed by atoms with Crippen LogP contribution in [-0.2, 0) is 0 Å². The first-order chi connectivity index (χ1) is 10.4. The minimum atomic E-state index is 0.650. The second-order valence-corrected chi connectivity index (χ2v) is 5.43. The highest BCUT2D eigenvalue weighted by Gasteiger charge is 2.12. The highest BCUT2D eigenvalue weighted by atomic mass is 15.2. The minimum Gasteiger partial charge on any atom is -0.368 e. The van der Waals surface area contributed by atoms with Gasteiger partial charge in [-0.1, -0.05) is 6.92 Å². The first kappa shape index (κ1) is 14.1. The molecule has 3 heterocycles. The molecule has 2 aromatic rings. The molecule has 0 bridgehead atoms. The third-order valence-electron chi connectivity index (χ3n) is 3.76. The van der Waals surface area contributed by atoms with Crippen molar-refractivity contribution in [2.24, 2.45) is 0 Å². The maximum absolute atomic E-state index is 4.56. The molecule has 0 aromatic carbocycles. The maximum atomic E-state index is 4.56. The van der Waals surface area contributed by atoms with Gasteiger partial charge in [0.2, 0.25) is 5.95 Å². The van der Waals surface area contributed by atoms with Gasteiger partial charge in [0.15, 0.2) is 5.65 Å². The van der Waals surface area contributed by atoms with Gasteiger partial charge in [-0.05, 0) is 32.4 Å². The fourth-order valence-corrected chi connectivity index (χ4v) is 2.62. The standard InChI is InChI=1S/C14H23N7/c1-2-5-16-14-18-12(11-10-17-20-13(11)19-14)15-6-9-21-7-3-4-8-21/h10H,2-9H2,1H3,(H3,15,16,17,18,19,20). The van der Waals surface area contributed by atoms with E-state index in [0.717, 1.165) is 42.9 Å². The van der Waals surface area contributed by atoms with Gasteiger partial charge < -0.3 is 15.5 Å². The highest BCUT2D eigenvalue weighted by Crippen LogP contribution is 2.19. The van der Waals surface area contributed by atoms with E-state index in [-0.39, 0.29) is 0 Å². The fraction of sp³-hybridized carbons (Fsp3) is 0.643. The lowest BCUT2D eigenvalue weighted by molar-refractivity contribution is 0.352. The van der Waals surface area contributed by atoms with E-state index in [0.29, 0.717) is 5.95 Å². The molecule has 7 heteroatoms. The van der Waals surface area contributed by atoms with Gasteiger partial charge in [-0.3, -0.25) is 5.10 Å². The molecule has 0 atom stereocenters. The molecule has 0 amide bonds. The maximum Gasteiger partial charge on any atom is 0.226 e. The molecule has 7 nitrogen and oxygen atoms in total. The largest absolute Gasteiger partial charge is 0.368 e. The normalized spacial score (nSPS) is 15.7. The molecule has 1 saturated heterocycles. The molecule has 2 aromatic heterocycles. The molecular formula is C14H23N7. The van der Waals surface area contributed by atoms with Crippen molar-refractivity contribution in [1.29, 1.82) is 0 Å². The summed E-state index contributed by atoms with van der Waals surface area (Å²) < 4.78 is 0. The molecule has 0 unspecified atom stereocenters. The summed E-state index contributed by atoms with van der Waals surface area (Å²) in [6.07, 6.45) is 5.47. The Morgan fingerprint density at radius 2 is 2.05 bits per heavy atom. The van der Waals surface area contributed by atoms with Crippen molar-refractivity contribution in [2.45, 2.75) is 26.2 Å². The van der Waals surface area contributed by atoms with Crippen LogP contribution in [0.3, 0.4) is 0 Å². The molecule has 1 fully saturated rings. The molecular weight excluding hydrogens is 266 g/mol. The number of anilines is 2. The van der Waals surface area contributed by atoms with Gasteiger partial charge in [0.25, 0.3) is 0 Å². The van der Waals surface area contributed by atoms with Gasteiger partial charge in [-0.15, -0.1) is 0 Å². The Bertz CT molecular complexity index is 574. The van der Waals surface area contributed by atoms with E-state index in [1.54, 1.807) is 6.20 Å². The summed E-state index contributed by atoms with van der Waals surface area (Å²) >= 11 is 0. The number of fused-ring (bicyclic) bond motifs is 1.